The first-order valence-electron chi connectivity index (χ1n) is 7.77. The zero-order chi connectivity index (χ0) is 16.2. The van der Waals surface area contributed by atoms with Gasteiger partial charge in [-0.05, 0) is 23.3 Å². The molecule has 122 valence electrons. The number of benzene rings is 2. The molecule has 1 N–H and O–H groups in total. The Morgan fingerprint density at radius 2 is 1.52 bits per heavy atom. The zero-order valence-electron chi connectivity index (χ0n) is 12.9. The lowest BCUT2D eigenvalue weighted by atomic mass is 10.1. The van der Waals surface area contributed by atoms with Gasteiger partial charge < -0.3 is 10.0 Å². The van der Waals surface area contributed by atoms with Gasteiger partial charge in [-0.1, -0.05) is 24.3 Å². The molecular formula is C18H20F2N2O. The summed E-state index contributed by atoms with van der Waals surface area (Å²) in [5, 5.41) is 9.06. The van der Waals surface area contributed by atoms with Gasteiger partial charge in [0.05, 0.1) is 12.3 Å². The number of halogens is 2. The second kappa shape index (κ2) is 7.06. The van der Waals surface area contributed by atoms with Crippen molar-refractivity contribution in [3.05, 3.63) is 65.2 Å². The van der Waals surface area contributed by atoms with Crippen LogP contribution < -0.4 is 4.90 Å². The molecule has 0 radical (unpaired) electrons. The molecule has 23 heavy (non-hydrogen) atoms. The van der Waals surface area contributed by atoms with Crippen LogP contribution in [0.25, 0.3) is 0 Å². The lowest BCUT2D eigenvalue weighted by Crippen LogP contribution is -2.46. The minimum atomic E-state index is -0.409. The molecule has 1 aliphatic heterocycles. The summed E-state index contributed by atoms with van der Waals surface area (Å²) in [7, 11) is 0. The van der Waals surface area contributed by atoms with E-state index in [1.807, 2.05) is 29.2 Å². The van der Waals surface area contributed by atoms with Crippen molar-refractivity contribution in [1.29, 1.82) is 0 Å². The summed E-state index contributed by atoms with van der Waals surface area (Å²) in [5.74, 6) is -0.785. The predicted octanol–water partition coefficient (Wildman–Crippen LogP) is 2.78. The lowest BCUT2D eigenvalue weighted by molar-refractivity contribution is 0.249. The molecule has 0 amide bonds. The van der Waals surface area contributed by atoms with Crippen molar-refractivity contribution in [2.24, 2.45) is 0 Å². The average Bonchev–Trinajstić information content (AvgIpc) is 2.58. The van der Waals surface area contributed by atoms with Crippen LogP contribution in [-0.4, -0.2) is 36.2 Å². The predicted molar refractivity (Wildman–Crippen MR) is 86.2 cm³/mol. The molecule has 5 heteroatoms. The third-order valence-electron chi connectivity index (χ3n) is 4.23. The van der Waals surface area contributed by atoms with Gasteiger partial charge in [-0.15, -0.1) is 0 Å². The molecule has 0 unspecified atom stereocenters. The molecule has 1 aliphatic rings. The third kappa shape index (κ3) is 3.86. The van der Waals surface area contributed by atoms with Crippen LogP contribution in [0.15, 0.2) is 42.5 Å². The number of aliphatic hydroxyl groups is 1. The summed E-state index contributed by atoms with van der Waals surface area (Å²) < 4.78 is 27.1. The van der Waals surface area contributed by atoms with E-state index in [-0.39, 0.29) is 12.4 Å². The largest absolute Gasteiger partial charge is 0.392 e. The number of hydrogen-bond donors (Lipinski definition) is 1. The second-order valence-electron chi connectivity index (χ2n) is 5.83. The fourth-order valence-corrected chi connectivity index (χ4v) is 2.88. The van der Waals surface area contributed by atoms with Gasteiger partial charge in [0, 0.05) is 38.8 Å². The van der Waals surface area contributed by atoms with Crippen molar-refractivity contribution in [3.63, 3.8) is 0 Å². The summed E-state index contributed by atoms with van der Waals surface area (Å²) >= 11 is 0. The fourth-order valence-electron chi connectivity index (χ4n) is 2.88. The van der Waals surface area contributed by atoms with E-state index in [9.17, 15) is 8.78 Å². The minimum Gasteiger partial charge on any atom is -0.392 e. The highest BCUT2D eigenvalue weighted by Crippen LogP contribution is 2.22. The molecule has 1 heterocycles. The molecule has 3 rings (SSSR count). The molecule has 2 aromatic rings. The van der Waals surface area contributed by atoms with Crippen molar-refractivity contribution < 1.29 is 13.9 Å². The van der Waals surface area contributed by atoms with Crippen molar-refractivity contribution in [2.45, 2.75) is 13.2 Å². The topological polar surface area (TPSA) is 26.7 Å². The Labute approximate surface area is 134 Å². The Morgan fingerprint density at radius 3 is 2.17 bits per heavy atom. The summed E-state index contributed by atoms with van der Waals surface area (Å²) in [6.07, 6.45) is 0. The van der Waals surface area contributed by atoms with Gasteiger partial charge in [-0.25, -0.2) is 8.78 Å². The van der Waals surface area contributed by atoms with E-state index in [2.05, 4.69) is 4.90 Å². The normalized spacial score (nSPS) is 15.9. The van der Waals surface area contributed by atoms with Gasteiger partial charge in [0.15, 0.2) is 0 Å². The number of anilines is 1. The van der Waals surface area contributed by atoms with E-state index in [1.54, 1.807) is 0 Å². The highest BCUT2D eigenvalue weighted by Gasteiger charge is 2.20. The number of aliphatic hydroxyl groups excluding tert-OH is 1. The van der Waals surface area contributed by atoms with E-state index in [1.165, 1.54) is 17.7 Å². The van der Waals surface area contributed by atoms with Gasteiger partial charge >= 0.3 is 0 Å². The van der Waals surface area contributed by atoms with E-state index in [0.29, 0.717) is 18.8 Å². The smallest absolute Gasteiger partial charge is 0.146 e. The molecule has 1 fully saturated rings. The molecule has 0 saturated carbocycles. The first kappa shape index (κ1) is 15.9. The van der Waals surface area contributed by atoms with Gasteiger partial charge in [-0.3, -0.25) is 4.90 Å². The minimum absolute atomic E-state index is 0.0537. The molecule has 2 aromatic carbocycles. The summed E-state index contributed by atoms with van der Waals surface area (Å²) in [4.78, 5) is 4.19. The number of hydrogen-bond acceptors (Lipinski definition) is 3. The van der Waals surface area contributed by atoms with Crippen LogP contribution in [0, 0.1) is 11.6 Å². The number of nitrogens with zero attached hydrogens (tertiary/aromatic N) is 2. The van der Waals surface area contributed by atoms with E-state index >= 15 is 0 Å². The Bertz CT molecular complexity index is 653. The Hall–Kier alpha value is -1.98. The first-order chi connectivity index (χ1) is 11.2. The standard InChI is InChI=1S/C18H20F2N2O/c19-16-5-6-17(20)18(11-16)22-9-7-21(8-10-22)12-14-1-3-15(13-23)4-2-14/h1-6,11,23H,7-10,12-13H2. The first-order valence-corrected chi connectivity index (χ1v) is 7.77. The van der Waals surface area contributed by atoms with Gasteiger partial charge in [0.25, 0.3) is 0 Å². The molecule has 0 spiro atoms. The van der Waals surface area contributed by atoms with Crippen LogP contribution in [0.3, 0.4) is 0 Å². The van der Waals surface area contributed by atoms with Crippen LogP contribution in [0.4, 0.5) is 14.5 Å². The maximum atomic E-state index is 13.8. The summed E-state index contributed by atoms with van der Waals surface area (Å²) in [5.41, 5.74) is 2.43. The monoisotopic (exact) mass is 318 g/mol. The maximum Gasteiger partial charge on any atom is 0.146 e. The van der Waals surface area contributed by atoms with Crippen molar-refractivity contribution in [3.8, 4) is 0 Å². The lowest BCUT2D eigenvalue weighted by Gasteiger charge is -2.36. The highest BCUT2D eigenvalue weighted by molar-refractivity contribution is 5.48. The van der Waals surface area contributed by atoms with E-state index in [0.717, 1.165) is 31.3 Å². The molecule has 0 aliphatic carbocycles. The van der Waals surface area contributed by atoms with Gasteiger partial charge in [0.2, 0.25) is 0 Å². The summed E-state index contributed by atoms with van der Waals surface area (Å²) in [6.45, 7) is 3.84. The zero-order valence-corrected chi connectivity index (χ0v) is 12.9. The number of rotatable bonds is 4. The molecule has 3 nitrogen and oxygen atoms in total. The Morgan fingerprint density at radius 1 is 0.870 bits per heavy atom. The Kier molecular flexibility index (Phi) is 4.88. The molecular weight excluding hydrogens is 298 g/mol. The second-order valence-corrected chi connectivity index (χ2v) is 5.83. The van der Waals surface area contributed by atoms with Crippen LogP contribution >= 0.6 is 0 Å². The van der Waals surface area contributed by atoms with Crippen LogP contribution in [0.2, 0.25) is 0 Å². The van der Waals surface area contributed by atoms with E-state index in [4.69, 9.17) is 5.11 Å². The van der Waals surface area contributed by atoms with Crippen LogP contribution in [0.5, 0.6) is 0 Å². The highest BCUT2D eigenvalue weighted by atomic mass is 19.1. The SMILES string of the molecule is OCc1ccc(CN2CCN(c3cc(F)ccc3F)CC2)cc1. The van der Waals surface area contributed by atoms with Crippen LogP contribution in [0.1, 0.15) is 11.1 Å². The van der Waals surface area contributed by atoms with Crippen molar-refractivity contribution >= 4 is 5.69 Å². The van der Waals surface area contributed by atoms with Crippen LogP contribution in [-0.2, 0) is 13.2 Å². The molecule has 0 aromatic heterocycles. The number of piperazine rings is 1. The van der Waals surface area contributed by atoms with Crippen molar-refractivity contribution in [1.82, 2.24) is 4.90 Å². The molecule has 0 atom stereocenters. The van der Waals surface area contributed by atoms with Gasteiger partial charge in [-0.2, -0.15) is 0 Å². The summed E-state index contributed by atoms with van der Waals surface area (Å²) in [6, 6.07) is 11.5. The molecule has 0 bridgehead atoms. The van der Waals surface area contributed by atoms with Crippen molar-refractivity contribution in [2.75, 3.05) is 31.1 Å². The van der Waals surface area contributed by atoms with Gasteiger partial charge in [0.1, 0.15) is 11.6 Å². The average molecular weight is 318 g/mol. The maximum absolute atomic E-state index is 13.8. The third-order valence-corrected chi connectivity index (χ3v) is 4.23. The quantitative estimate of drug-likeness (QED) is 0.939. The van der Waals surface area contributed by atoms with E-state index < -0.39 is 5.82 Å². The Balaban J connectivity index is 1.58. The fraction of sp³-hybridized carbons (Fsp3) is 0.333. The molecule has 1 saturated heterocycles.